The number of carboxylic acids is 1. The molecule has 0 atom stereocenters. The Hall–Kier alpha value is -2.24. The number of nitrogens with one attached hydrogen (secondary N) is 1. The molecule has 0 bridgehead atoms. The van der Waals surface area contributed by atoms with Gasteiger partial charge in [-0.1, -0.05) is 40.7 Å². The number of amides is 1. The minimum absolute atomic E-state index is 0.122. The van der Waals surface area contributed by atoms with Crippen molar-refractivity contribution in [3.05, 3.63) is 29.3 Å². The van der Waals surface area contributed by atoms with Gasteiger partial charge in [0.15, 0.2) is 0 Å². The molecule has 0 aliphatic rings. The van der Waals surface area contributed by atoms with Gasteiger partial charge in [-0.25, -0.2) is 9.59 Å². The lowest BCUT2D eigenvalue weighted by Gasteiger charge is -2.27. The smallest absolute Gasteiger partial charge is 0.407 e. The van der Waals surface area contributed by atoms with Crippen LogP contribution in [0.4, 0.5) is 4.79 Å². The Morgan fingerprint density at radius 2 is 1.63 bits per heavy atom. The maximum atomic E-state index is 11.8. The van der Waals surface area contributed by atoms with Crippen molar-refractivity contribution in [3.8, 4) is 5.75 Å². The number of carbonyl (C=O) groups excluding carboxylic acids is 1. The summed E-state index contributed by atoms with van der Waals surface area (Å²) in [5.41, 5.74) is 0.0214. The van der Waals surface area contributed by atoms with Crippen LogP contribution in [0, 0.1) is 5.41 Å². The first kappa shape index (κ1) is 22.8. The predicted molar refractivity (Wildman–Crippen MR) is 106 cm³/mol. The Kier molecular flexibility index (Phi) is 6.92. The predicted octanol–water partition coefficient (Wildman–Crippen LogP) is 4.61. The zero-order valence-electron chi connectivity index (χ0n) is 17.7. The highest BCUT2D eigenvalue weighted by Gasteiger charge is 2.25. The molecule has 1 rings (SSSR count). The van der Waals surface area contributed by atoms with E-state index >= 15 is 0 Å². The number of hydrogen-bond donors (Lipinski definition) is 2. The molecule has 0 unspecified atom stereocenters. The van der Waals surface area contributed by atoms with Gasteiger partial charge < -0.3 is 19.9 Å². The van der Waals surface area contributed by atoms with Crippen molar-refractivity contribution in [1.82, 2.24) is 5.32 Å². The SMILES string of the molecule is CC(C)(CNC(=O)OC(C)(C)C)COc1cc(C(C)(C)C)ccc1C(=O)O. The number of carboxylic acid groups (broad SMARTS) is 1. The van der Waals surface area contributed by atoms with Gasteiger partial charge in [0.05, 0.1) is 6.61 Å². The maximum absolute atomic E-state index is 11.8. The summed E-state index contributed by atoms with van der Waals surface area (Å²) in [5.74, 6) is -0.699. The summed E-state index contributed by atoms with van der Waals surface area (Å²) >= 11 is 0. The summed E-state index contributed by atoms with van der Waals surface area (Å²) in [6.45, 7) is 16.0. The standard InChI is InChI=1S/C21H33NO5/c1-19(2,3)14-9-10-15(17(23)24)16(11-14)26-13-21(7,8)12-22-18(25)27-20(4,5)6/h9-11H,12-13H2,1-8H3,(H,22,25)(H,23,24). The van der Waals surface area contributed by atoms with Gasteiger partial charge in [0, 0.05) is 12.0 Å². The van der Waals surface area contributed by atoms with E-state index in [0.717, 1.165) is 5.56 Å². The monoisotopic (exact) mass is 379 g/mol. The molecule has 0 spiro atoms. The highest BCUT2D eigenvalue weighted by Crippen LogP contribution is 2.30. The van der Waals surface area contributed by atoms with Crippen molar-refractivity contribution < 1.29 is 24.2 Å². The average Bonchev–Trinajstić information content (AvgIpc) is 2.48. The van der Waals surface area contributed by atoms with E-state index in [4.69, 9.17) is 9.47 Å². The van der Waals surface area contributed by atoms with Crippen LogP contribution in [-0.2, 0) is 10.2 Å². The Labute approximate surface area is 162 Å². The fourth-order valence-corrected chi connectivity index (χ4v) is 2.23. The molecule has 0 saturated carbocycles. The van der Waals surface area contributed by atoms with Crippen molar-refractivity contribution in [1.29, 1.82) is 0 Å². The second-order valence-corrected chi connectivity index (χ2v) is 9.57. The second-order valence-electron chi connectivity index (χ2n) is 9.57. The molecule has 0 saturated heterocycles. The first-order valence-electron chi connectivity index (χ1n) is 9.08. The van der Waals surface area contributed by atoms with E-state index in [2.05, 4.69) is 26.1 Å². The largest absolute Gasteiger partial charge is 0.492 e. The van der Waals surface area contributed by atoms with E-state index < -0.39 is 23.1 Å². The molecule has 6 nitrogen and oxygen atoms in total. The summed E-state index contributed by atoms with van der Waals surface area (Å²) in [6, 6.07) is 5.16. The number of ether oxygens (including phenoxy) is 2. The first-order valence-corrected chi connectivity index (χ1v) is 9.08. The van der Waals surface area contributed by atoms with Crippen LogP contribution in [0.3, 0.4) is 0 Å². The topological polar surface area (TPSA) is 84.9 Å². The van der Waals surface area contributed by atoms with Gasteiger partial charge in [-0.05, 0) is 43.9 Å². The molecule has 27 heavy (non-hydrogen) atoms. The van der Waals surface area contributed by atoms with Crippen molar-refractivity contribution in [2.45, 2.75) is 66.4 Å². The highest BCUT2D eigenvalue weighted by atomic mass is 16.6. The van der Waals surface area contributed by atoms with E-state index in [1.807, 2.05) is 19.9 Å². The van der Waals surface area contributed by atoms with Crippen LogP contribution in [-0.4, -0.2) is 35.9 Å². The van der Waals surface area contributed by atoms with Crippen molar-refractivity contribution >= 4 is 12.1 Å². The normalized spacial score (nSPS) is 12.4. The fraction of sp³-hybridized carbons (Fsp3) is 0.619. The van der Waals surface area contributed by atoms with E-state index in [1.165, 1.54) is 0 Å². The van der Waals surface area contributed by atoms with Crippen molar-refractivity contribution in [3.63, 3.8) is 0 Å². The molecule has 152 valence electrons. The second kappa shape index (κ2) is 8.19. The van der Waals surface area contributed by atoms with Gasteiger partial charge in [0.25, 0.3) is 0 Å². The summed E-state index contributed by atoms with van der Waals surface area (Å²) in [4.78, 5) is 23.3. The van der Waals surface area contributed by atoms with E-state index in [9.17, 15) is 14.7 Å². The summed E-state index contributed by atoms with van der Waals surface area (Å²) in [7, 11) is 0. The van der Waals surface area contributed by atoms with Crippen LogP contribution in [0.5, 0.6) is 5.75 Å². The van der Waals surface area contributed by atoms with Crippen molar-refractivity contribution in [2.24, 2.45) is 5.41 Å². The number of carbonyl (C=O) groups is 2. The Bertz CT molecular complexity index is 681. The number of aromatic carboxylic acids is 1. The summed E-state index contributed by atoms with van der Waals surface area (Å²) < 4.78 is 11.1. The van der Waals surface area contributed by atoms with Crippen LogP contribution >= 0.6 is 0 Å². The lowest BCUT2D eigenvalue weighted by molar-refractivity contribution is 0.0492. The van der Waals surface area contributed by atoms with Crippen LogP contribution in [0.1, 0.15) is 71.3 Å². The summed E-state index contributed by atoms with van der Waals surface area (Å²) in [6.07, 6.45) is -0.489. The minimum Gasteiger partial charge on any atom is -0.492 e. The average molecular weight is 379 g/mol. The Morgan fingerprint density at radius 3 is 2.11 bits per heavy atom. The zero-order valence-corrected chi connectivity index (χ0v) is 17.7. The third kappa shape index (κ3) is 7.89. The van der Waals surface area contributed by atoms with Crippen molar-refractivity contribution in [2.75, 3.05) is 13.2 Å². The molecule has 0 radical (unpaired) electrons. The van der Waals surface area contributed by atoms with Crippen LogP contribution in [0.25, 0.3) is 0 Å². The van der Waals surface area contributed by atoms with Gasteiger partial charge in [-0.2, -0.15) is 0 Å². The van der Waals surface area contributed by atoms with Gasteiger partial charge in [0.2, 0.25) is 0 Å². The molecule has 0 aliphatic heterocycles. The molecule has 2 N–H and O–H groups in total. The molecular formula is C21H33NO5. The molecule has 0 aliphatic carbocycles. The van der Waals surface area contributed by atoms with Crippen LogP contribution in [0.15, 0.2) is 18.2 Å². The number of rotatable bonds is 6. The van der Waals surface area contributed by atoms with Crippen LogP contribution in [0.2, 0.25) is 0 Å². The molecular weight excluding hydrogens is 346 g/mol. The lowest BCUT2D eigenvalue weighted by atomic mass is 9.86. The van der Waals surface area contributed by atoms with E-state index in [-0.39, 0.29) is 17.6 Å². The lowest BCUT2D eigenvalue weighted by Crippen LogP contribution is -2.40. The quantitative estimate of drug-likeness (QED) is 0.754. The molecule has 6 heteroatoms. The van der Waals surface area contributed by atoms with Gasteiger partial charge in [0.1, 0.15) is 16.9 Å². The minimum atomic E-state index is -1.03. The molecule has 0 fully saturated rings. The molecule has 0 heterocycles. The van der Waals surface area contributed by atoms with Gasteiger partial charge in [-0.15, -0.1) is 0 Å². The molecule has 1 amide bonds. The molecule has 1 aromatic rings. The number of alkyl carbamates (subject to hydrolysis) is 1. The first-order chi connectivity index (χ1) is 12.1. The Balaban J connectivity index is 2.82. The molecule has 0 aromatic heterocycles. The van der Waals surface area contributed by atoms with E-state index in [0.29, 0.717) is 12.3 Å². The number of benzene rings is 1. The molecule has 1 aromatic carbocycles. The van der Waals surface area contributed by atoms with E-state index in [1.54, 1.807) is 32.9 Å². The van der Waals surface area contributed by atoms with Gasteiger partial charge >= 0.3 is 12.1 Å². The third-order valence-electron chi connectivity index (χ3n) is 3.81. The Morgan fingerprint density at radius 1 is 1.04 bits per heavy atom. The zero-order chi connectivity index (χ0) is 21.0. The fourth-order valence-electron chi connectivity index (χ4n) is 2.23. The van der Waals surface area contributed by atoms with Crippen LogP contribution < -0.4 is 10.1 Å². The van der Waals surface area contributed by atoms with Gasteiger partial charge in [-0.3, -0.25) is 0 Å². The summed E-state index contributed by atoms with van der Waals surface area (Å²) in [5, 5.41) is 12.2. The third-order valence-corrected chi connectivity index (χ3v) is 3.81. The number of hydrogen-bond acceptors (Lipinski definition) is 4. The highest BCUT2D eigenvalue weighted by molar-refractivity contribution is 5.91. The maximum Gasteiger partial charge on any atom is 0.407 e.